The van der Waals surface area contributed by atoms with E-state index in [0.29, 0.717) is 0 Å². The molecule has 4 nitrogen and oxygen atoms in total. The maximum Gasteiger partial charge on any atom is 0.183 e. The number of thioether (sulfide) groups is 1. The fourth-order valence-corrected chi connectivity index (χ4v) is 2.11. The van der Waals surface area contributed by atoms with Crippen LogP contribution < -0.4 is 5.73 Å². The van der Waals surface area contributed by atoms with Gasteiger partial charge >= 0.3 is 0 Å². The Labute approximate surface area is 98.7 Å². The molecule has 0 aliphatic carbocycles. The zero-order chi connectivity index (χ0) is 11.2. The Bertz CT molecular complexity index is 410. The summed E-state index contributed by atoms with van der Waals surface area (Å²) in [4.78, 5) is 4.05. The number of aromatic amines is 1. The summed E-state index contributed by atoms with van der Waals surface area (Å²) in [7, 11) is 0. The number of anilines is 1. The van der Waals surface area contributed by atoms with E-state index in [9.17, 15) is 0 Å². The zero-order valence-corrected chi connectivity index (χ0v) is 9.70. The molecule has 0 saturated heterocycles. The molecule has 0 fully saturated rings. The van der Waals surface area contributed by atoms with Crippen molar-refractivity contribution in [2.75, 3.05) is 11.5 Å². The predicted molar refractivity (Wildman–Crippen MR) is 66.3 cm³/mol. The van der Waals surface area contributed by atoms with Gasteiger partial charge in [0, 0.05) is 11.4 Å². The molecule has 0 amide bonds. The number of H-pyrrole nitrogens is 1. The number of hydrogen-bond acceptors (Lipinski definition) is 4. The van der Waals surface area contributed by atoms with Gasteiger partial charge in [-0.25, -0.2) is 4.98 Å². The Morgan fingerprint density at radius 3 is 2.75 bits per heavy atom. The molecule has 0 aliphatic rings. The maximum absolute atomic E-state index is 5.62. The van der Waals surface area contributed by atoms with Crippen molar-refractivity contribution in [2.24, 2.45) is 0 Å². The average molecular weight is 234 g/mol. The molecule has 2 aromatic rings. The van der Waals surface area contributed by atoms with Crippen LogP contribution >= 0.6 is 11.8 Å². The molecular weight excluding hydrogens is 220 g/mol. The number of nitrogens with one attached hydrogen (secondary N) is 1. The summed E-state index contributed by atoms with van der Waals surface area (Å²) < 4.78 is 0. The van der Waals surface area contributed by atoms with E-state index in [-0.39, 0.29) is 0 Å². The second kappa shape index (κ2) is 5.55. The van der Waals surface area contributed by atoms with E-state index in [1.165, 1.54) is 11.9 Å². The number of nitrogens with zero attached hydrogens (tertiary/aromatic N) is 2. The van der Waals surface area contributed by atoms with E-state index in [4.69, 9.17) is 5.73 Å². The zero-order valence-electron chi connectivity index (χ0n) is 8.89. The summed E-state index contributed by atoms with van der Waals surface area (Å²) in [6, 6.07) is 8.04. The quantitative estimate of drug-likeness (QED) is 0.472. The highest BCUT2D eigenvalue weighted by Gasteiger charge is 1.97. The van der Waals surface area contributed by atoms with E-state index < -0.39 is 0 Å². The molecule has 0 radical (unpaired) electrons. The Hall–Kier alpha value is -1.49. The van der Waals surface area contributed by atoms with E-state index in [0.717, 1.165) is 29.4 Å². The van der Waals surface area contributed by atoms with Crippen molar-refractivity contribution < 1.29 is 0 Å². The van der Waals surface area contributed by atoms with Crippen LogP contribution in [0.5, 0.6) is 0 Å². The molecule has 2 rings (SSSR count). The van der Waals surface area contributed by atoms with Crippen molar-refractivity contribution >= 4 is 17.4 Å². The third-order valence-electron chi connectivity index (χ3n) is 2.22. The van der Waals surface area contributed by atoms with Crippen LogP contribution in [0.4, 0.5) is 5.69 Å². The lowest BCUT2D eigenvalue weighted by Crippen LogP contribution is -1.90. The summed E-state index contributed by atoms with van der Waals surface area (Å²) in [6.45, 7) is 0. The van der Waals surface area contributed by atoms with Crippen LogP contribution in [0.1, 0.15) is 12.0 Å². The minimum absolute atomic E-state index is 0.819. The van der Waals surface area contributed by atoms with E-state index >= 15 is 0 Å². The Kier molecular flexibility index (Phi) is 3.82. The van der Waals surface area contributed by atoms with Crippen molar-refractivity contribution in [3.05, 3.63) is 36.2 Å². The molecule has 0 unspecified atom stereocenters. The highest BCUT2D eigenvalue weighted by atomic mass is 32.2. The van der Waals surface area contributed by atoms with Gasteiger partial charge in [0.05, 0.1) is 0 Å². The molecule has 1 heterocycles. The van der Waals surface area contributed by atoms with Crippen LogP contribution in [0.2, 0.25) is 0 Å². The van der Waals surface area contributed by atoms with Gasteiger partial charge < -0.3 is 5.73 Å². The molecule has 84 valence electrons. The molecule has 1 aromatic carbocycles. The Balaban J connectivity index is 1.70. The number of hydrogen-bond donors (Lipinski definition) is 2. The highest BCUT2D eigenvalue weighted by Crippen LogP contribution is 2.14. The normalized spacial score (nSPS) is 10.5. The molecular formula is C11H14N4S. The second-order valence-electron chi connectivity index (χ2n) is 3.48. The number of nitrogens with two attached hydrogens (primary N) is 1. The van der Waals surface area contributed by atoms with Gasteiger partial charge in [-0.05, 0) is 30.5 Å². The molecule has 1 aromatic heterocycles. The van der Waals surface area contributed by atoms with Crippen LogP contribution in [0.25, 0.3) is 0 Å². The van der Waals surface area contributed by atoms with Crippen molar-refractivity contribution in [3.63, 3.8) is 0 Å². The number of benzene rings is 1. The van der Waals surface area contributed by atoms with Gasteiger partial charge in [0.1, 0.15) is 6.33 Å². The highest BCUT2D eigenvalue weighted by molar-refractivity contribution is 7.99. The number of aryl methyl sites for hydroxylation is 1. The third kappa shape index (κ3) is 3.27. The molecule has 0 atom stereocenters. The van der Waals surface area contributed by atoms with Gasteiger partial charge in [-0.15, -0.1) is 0 Å². The van der Waals surface area contributed by atoms with Gasteiger partial charge in [0.25, 0.3) is 0 Å². The maximum atomic E-state index is 5.62. The first-order valence-electron chi connectivity index (χ1n) is 5.17. The molecule has 0 saturated carbocycles. The van der Waals surface area contributed by atoms with E-state index in [2.05, 4.69) is 27.3 Å². The molecule has 3 N–H and O–H groups in total. The van der Waals surface area contributed by atoms with Crippen molar-refractivity contribution in [3.8, 4) is 0 Å². The molecule has 16 heavy (non-hydrogen) atoms. The molecule has 0 aliphatic heterocycles. The Morgan fingerprint density at radius 2 is 2.06 bits per heavy atom. The van der Waals surface area contributed by atoms with Crippen molar-refractivity contribution in [1.82, 2.24) is 15.2 Å². The summed E-state index contributed by atoms with van der Waals surface area (Å²) in [5.74, 6) is 1.04. The largest absolute Gasteiger partial charge is 0.399 e. The number of aromatic nitrogens is 3. The summed E-state index contributed by atoms with van der Waals surface area (Å²) in [5, 5.41) is 7.51. The fraction of sp³-hybridized carbons (Fsp3) is 0.273. The topological polar surface area (TPSA) is 67.6 Å². The van der Waals surface area contributed by atoms with Crippen LogP contribution in [0.15, 0.2) is 35.7 Å². The van der Waals surface area contributed by atoms with Crippen LogP contribution in [-0.2, 0) is 6.42 Å². The summed E-state index contributed by atoms with van der Waals surface area (Å²) in [5.41, 5.74) is 7.77. The van der Waals surface area contributed by atoms with Crippen LogP contribution in [0, 0.1) is 0 Å². The fourth-order valence-electron chi connectivity index (χ4n) is 1.39. The van der Waals surface area contributed by atoms with Crippen molar-refractivity contribution in [1.29, 1.82) is 0 Å². The lowest BCUT2D eigenvalue weighted by Gasteiger charge is -2.01. The second-order valence-corrected chi connectivity index (χ2v) is 4.57. The van der Waals surface area contributed by atoms with Gasteiger partial charge in [-0.1, -0.05) is 23.9 Å². The van der Waals surface area contributed by atoms with Gasteiger partial charge in [0.2, 0.25) is 0 Å². The van der Waals surface area contributed by atoms with Crippen LogP contribution in [-0.4, -0.2) is 20.9 Å². The minimum Gasteiger partial charge on any atom is -0.399 e. The monoisotopic (exact) mass is 234 g/mol. The average Bonchev–Trinajstić information content (AvgIpc) is 2.80. The Morgan fingerprint density at radius 1 is 1.25 bits per heavy atom. The standard InChI is InChI=1S/C11H14N4S/c12-10-5-3-9(4-6-10)2-1-7-16-11-13-8-14-15-11/h3-6,8H,1-2,7,12H2,(H,13,14,15). The third-order valence-corrected chi connectivity index (χ3v) is 3.18. The molecule has 0 bridgehead atoms. The van der Waals surface area contributed by atoms with Crippen LogP contribution in [0.3, 0.4) is 0 Å². The molecule has 5 heteroatoms. The predicted octanol–water partition coefficient (Wildman–Crippen LogP) is 2.11. The minimum atomic E-state index is 0.819. The van der Waals surface area contributed by atoms with E-state index in [1.807, 2.05) is 12.1 Å². The van der Waals surface area contributed by atoms with E-state index in [1.54, 1.807) is 11.8 Å². The first-order valence-corrected chi connectivity index (χ1v) is 6.16. The lowest BCUT2D eigenvalue weighted by molar-refractivity contribution is 0.921. The first-order chi connectivity index (χ1) is 7.84. The number of rotatable bonds is 5. The SMILES string of the molecule is Nc1ccc(CCCSc2ncn[nH]2)cc1. The summed E-state index contributed by atoms with van der Waals surface area (Å²) >= 11 is 1.70. The molecule has 0 spiro atoms. The van der Waals surface area contributed by atoms with Gasteiger partial charge in [0.15, 0.2) is 5.16 Å². The van der Waals surface area contributed by atoms with Gasteiger partial charge in [-0.3, -0.25) is 5.10 Å². The first kappa shape index (κ1) is 11.0. The lowest BCUT2D eigenvalue weighted by atomic mass is 10.1. The smallest absolute Gasteiger partial charge is 0.183 e. The number of nitrogen functional groups attached to an aromatic ring is 1. The summed E-state index contributed by atoms with van der Waals surface area (Å²) in [6.07, 6.45) is 3.72. The van der Waals surface area contributed by atoms with Crippen molar-refractivity contribution in [2.45, 2.75) is 18.0 Å². The van der Waals surface area contributed by atoms with Gasteiger partial charge in [-0.2, -0.15) is 5.10 Å².